The van der Waals surface area contributed by atoms with Crippen LogP contribution < -0.4 is 0 Å². The minimum Gasteiger partial charge on any atom is -0.259 e. The van der Waals surface area contributed by atoms with Gasteiger partial charge in [-0.2, -0.15) is 22.7 Å². The molecule has 0 unspecified atom stereocenters. The van der Waals surface area contributed by atoms with Crippen molar-refractivity contribution in [2.24, 2.45) is 0 Å². The van der Waals surface area contributed by atoms with Crippen LogP contribution >= 0.6 is 36.6 Å². The molecule has 0 amide bonds. The molecular formula is C6H9Cl2STi-. The topological polar surface area (TPSA) is 0 Å². The van der Waals surface area contributed by atoms with Gasteiger partial charge in [-0.15, -0.1) is 31.2 Å². The SMILES string of the molecule is CSC1=[C-]CC=C1.Cl.Cl.[Ti]. The summed E-state index contributed by atoms with van der Waals surface area (Å²) in [6.45, 7) is 0. The van der Waals surface area contributed by atoms with Crippen LogP contribution in [-0.4, -0.2) is 6.26 Å². The molecule has 0 heterocycles. The second-order valence-electron chi connectivity index (χ2n) is 1.35. The van der Waals surface area contributed by atoms with Gasteiger partial charge in [-0.3, -0.25) is 6.08 Å². The molecule has 0 radical (unpaired) electrons. The summed E-state index contributed by atoms with van der Waals surface area (Å²) < 4.78 is 0. The van der Waals surface area contributed by atoms with E-state index >= 15 is 0 Å². The fraction of sp³-hybridized carbons (Fsp3) is 0.333. The van der Waals surface area contributed by atoms with Gasteiger partial charge in [0.1, 0.15) is 0 Å². The van der Waals surface area contributed by atoms with Crippen LogP contribution in [0.2, 0.25) is 0 Å². The Bertz CT molecular complexity index is 123. The Morgan fingerprint density at radius 2 is 2.10 bits per heavy atom. The van der Waals surface area contributed by atoms with E-state index in [2.05, 4.69) is 24.5 Å². The van der Waals surface area contributed by atoms with Crippen molar-refractivity contribution in [1.29, 1.82) is 0 Å². The molecule has 0 nitrogen and oxygen atoms in total. The first-order chi connectivity index (χ1) is 3.43. The summed E-state index contributed by atoms with van der Waals surface area (Å²) in [5, 5.41) is 0. The number of halogens is 2. The molecule has 0 spiro atoms. The van der Waals surface area contributed by atoms with Gasteiger partial charge < -0.3 is 0 Å². The number of rotatable bonds is 1. The van der Waals surface area contributed by atoms with Crippen molar-refractivity contribution in [3.8, 4) is 0 Å². The fourth-order valence-corrected chi connectivity index (χ4v) is 0.985. The van der Waals surface area contributed by atoms with E-state index in [1.807, 2.05) is 0 Å². The third-order valence-corrected chi connectivity index (χ3v) is 1.60. The van der Waals surface area contributed by atoms with E-state index in [1.54, 1.807) is 11.8 Å². The first-order valence-electron chi connectivity index (χ1n) is 2.25. The standard InChI is InChI=1S/C6H7S.2ClH.Ti/c1-7-6-4-2-3-5-6;;;/h2,4H,3H2,1H3;2*1H;/q-1;;;. The average Bonchev–Trinajstić information content (AvgIpc) is 2.14. The Kier molecular flexibility index (Phi) is 17.5. The van der Waals surface area contributed by atoms with Gasteiger partial charge in [0.25, 0.3) is 0 Å². The van der Waals surface area contributed by atoms with Crippen LogP contribution in [0.25, 0.3) is 0 Å². The molecule has 0 saturated carbocycles. The molecule has 0 aromatic carbocycles. The maximum absolute atomic E-state index is 3.17. The molecule has 58 valence electrons. The van der Waals surface area contributed by atoms with Crippen LogP contribution in [0.3, 0.4) is 0 Å². The van der Waals surface area contributed by atoms with Crippen molar-refractivity contribution in [2.75, 3.05) is 6.26 Å². The normalized spacial score (nSPS) is 12.3. The average molecular weight is 232 g/mol. The summed E-state index contributed by atoms with van der Waals surface area (Å²) in [7, 11) is 0. The predicted octanol–water partition coefficient (Wildman–Crippen LogP) is 2.84. The fourth-order valence-electron chi connectivity index (χ4n) is 0.525. The van der Waals surface area contributed by atoms with Gasteiger partial charge >= 0.3 is 0 Å². The Balaban J connectivity index is -0.000000163. The molecule has 1 aliphatic rings. The van der Waals surface area contributed by atoms with Crippen LogP contribution in [0.15, 0.2) is 17.1 Å². The Morgan fingerprint density at radius 1 is 1.50 bits per heavy atom. The van der Waals surface area contributed by atoms with Crippen molar-refractivity contribution in [2.45, 2.75) is 6.42 Å². The third-order valence-electron chi connectivity index (χ3n) is 0.883. The largest absolute Gasteiger partial charge is 0.259 e. The smallest absolute Gasteiger partial charge is 0 e. The van der Waals surface area contributed by atoms with Crippen molar-refractivity contribution in [3.63, 3.8) is 0 Å². The zero-order valence-corrected chi connectivity index (χ0v) is 9.60. The van der Waals surface area contributed by atoms with E-state index in [-0.39, 0.29) is 46.5 Å². The van der Waals surface area contributed by atoms with Crippen LogP contribution in [-0.2, 0) is 21.7 Å². The zero-order chi connectivity index (χ0) is 5.11. The van der Waals surface area contributed by atoms with Gasteiger partial charge in [0, 0.05) is 21.7 Å². The van der Waals surface area contributed by atoms with E-state index in [4.69, 9.17) is 0 Å². The predicted molar refractivity (Wildman–Crippen MR) is 48.5 cm³/mol. The molecule has 1 rings (SSSR count). The molecule has 4 heteroatoms. The Labute approximate surface area is 93.6 Å². The van der Waals surface area contributed by atoms with Crippen LogP contribution in [0.1, 0.15) is 6.42 Å². The quantitative estimate of drug-likeness (QED) is 0.494. The Hall–Kier alpha value is 1.12. The van der Waals surface area contributed by atoms with E-state index in [9.17, 15) is 0 Å². The second kappa shape index (κ2) is 10.1. The van der Waals surface area contributed by atoms with Crippen LogP contribution in [0, 0.1) is 6.08 Å². The van der Waals surface area contributed by atoms with Crippen LogP contribution in [0.5, 0.6) is 0 Å². The zero-order valence-electron chi connectivity index (χ0n) is 5.59. The van der Waals surface area contributed by atoms with Gasteiger partial charge in [-0.1, -0.05) is 0 Å². The minimum absolute atomic E-state index is 0. The summed E-state index contributed by atoms with van der Waals surface area (Å²) in [5.74, 6) is 0. The molecular weight excluding hydrogens is 223 g/mol. The number of allylic oxidation sites excluding steroid dienone is 3. The number of thioether (sulfide) groups is 1. The molecule has 0 aliphatic heterocycles. The minimum atomic E-state index is 0. The van der Waals surface area contributed by atoms with Crippen molar-refractivity contribution in [1.82, 2.24) is 0 Å². The molecule has 0 fully saturated rings. The van der Waals surface area contributed by atoms with Gasteiger partial charge in [0.2, 0.25) is 0 Å². The van der Waals surface area contributed by atoms with Gasteiger partial charge in [-0.05, 0) is 6.26 Å². The summed E-state index contributed by atoms with van der Waals surface area (Å²) >= 11 is 1.75. The van der Waals surface area contributed by atoms with E-state index in [0.717, 1.165) is 6.42 Å². The van der Waals surface area contributed by atoms with E-state index < -0.39 is 0 Å². The monoisotopic (exact) mass is 231 g/mol. The summed E-state index contributed by atoms with van der Waals surface area (Å²) in [6.07, 6.45) is 10.5. The molecule has 0 aromatic rings. The van der Waals surface area contributed by atoms with Crippen LogP contribution in [0.4, 0.5) is 0 Å². The van der Waals surface area contributed by atoms with Crippen molar-refractivity contribution >= 4 is 36.6 Å². The molecule has 0 N–H and O–H groups in total. The van der Waals surface area contributed by atoms with Crippen molar-refractivity contribution < 1.29 is 21.7 Å². The maximum atomic E-state index is 3.17. The van der Waals surface area contributed by atoms with Gasteiger partial charge in [-0.25, -0.2) is 6.08 Å². The molecule has 0 atom stereocenters. The first kappa shape index (κ1) is 17.3. The third kappa shape index (κ3) is 5.88. The maximum Gasteiger partial charge on any atom is 0 e. The molecule has 1 aliphatic carbocycles. The molecule has 10 heavy (non-hydrogen) atoms. The van der Waals surface area contributed by atoms with Gasteiger partial charge in [0.05, 0.1) is 0 Å². The summed E-state index contributed by atoms with van der Waals surface area (Å²) in [5.41, 5.74) is 0. The van der Waals surface area contributed by atoms with E-state index in [0.29, 0.717) is 0 Å². The first-order valence-corrected chi connectivity index (χ1v) is 3.47. The second-order valence-corrected chi connectivity index (χ2v) is 2.20. The van der Waals surface area contributed by atoms with Gasteiger partial charge in [0.15, 0.2) is 0 Å². The van der Waals surface area contributed by atoms with E-state index in [1.165, 1.54) is 4.91 Å². The van der Waals surface area contributed by atoms with Crippen molar-refractivity contribution in [3.05, 3.63) is 23.1 Å². The number of hydrogen-bond acceptors (Lipinski definition) is 1. The molecule has 0 saturated heterocycles. The summed E-state index contributed by atoms with van der Waals surface area (Å²) in [6, 6.07) is 0. The summed E-state index contributed by atoms with van der Waals surface area (Å²) in [4.78, 5) is 1.28. The Morgan fingerprint density at radius 3 is 2.30 bits per heavy atom. The molecule has 0 bridgehead atoms. The number of hydrogen-bond donors (Lipinski definition) is 0. The molecule has 0 aromatic heterocycles.